The van der Waals surface area contributed by atoms with Crippen LogP contribution in [-0.4, -0.2) is 0 Å². The van der Waals surface area contributed by atoms with Crippen LogP contribution in [0.4, 0.5) is 0 Å². The topological polar surface area (TPSA) is 0 Å². The van der Waals surface area contributed by atoms with Crippen molar-refractivity contribution in [2.24, 2.45) is 0 Å². The molecule has 0 radical (unpaired) electrons. The molecule has 0 aromatic heterocycles. The molecule has 0 saturated heterocycles. The molecule has 0 heteroatoms. The molecule has 0 N–H and O–H groups in total. The molecular weight excluding hydrogens is 504 g/mol. The normalized spacial score (nSPS) is 12.1. The Morgan fingerprint density at radius 3 is 0.619 bits per heavy atom. The molecular formula is C42H64. The van der Waals surface area contributed by atoms with Crippen LogP contribution in [0.2, 0.25) is 0 Å². The maximum absolute atomic E-state index is 2.47. The van der Waals surface area contributed by atoms with Gasteiger partial charge in [-0.25, -0.2) is 0 Å². The van der Waals surface area contributed by atoms with E-state index in [1.54, 1.807) is 0 Å². The summed E-state index contributed by atoms with van der Waals surface area (Å²) in [5.74, 6) is 4.71. The van der Waals surface area contributed by atoms with Crippen LogP contribution < -0.4 is 0 Å². The smallest absolute Gasteiger partial charge is 0.0181 e. The van der Waals surface area contributed by atoms with Crippen molar-refractivity contribution in [2.45, 2.75) is 158 Å². The lowest BCUT2D eigenvalue weighted by molar-refractivity contribution is 0.747. The molecule has 0 spiro atoms. The highest BCUT2D eigenvalue weighted by Crippen LogP contribution is 2.36. The molecule has 0 nitrogen and oxygen atoms in total. The molecule has 3 aromatic rings. The molecule has 3 rings (SSSR count). The predicted molar refractivity (Wildman–Crippen MR) is 191 cm³/mol. The van der Waals surface area contributed by atoms with E-state index in [9.17, 15) is 0 Å². The summed E-state index contributed by atoms with van der Waals surface area (Å²) in [6.07, 6.45) is 0. The van der Waals surface area contributed by atoms with Gasteiger partial charge in [-0.1, -0.05) is 159 Å². The second-order valence-electron chi connectivity index (χ2n) is 15.0. The largest absolute Gasteiger partial charge is 0.0587 e. The van der Waals surface area contributed by atoms with Crippen LogP contribution >= 0.6 is 0 Å². The zero-order valence-electron chi connectivity index (χ0n) is 30.2. The van der Waals surface area contributed by atoms with Crippen LogP contribution in [0.3, 0.4) is 0 Å². The molecule has 0 amide bonds. The second kappa shape index (κ2) is 15.4. The van der Waals surface area contributed by atoms with Gasteiger partial charge in [-0.05, 0) is 103 Å². The fourth-order valence-corrected chi connectivity index (χ4v) is 6.23. The van der Waals surface area contributed by atoms with Gasteiger partial charge in [0.1, 0.15) is 0 Å². The molecule has 0 bridgehead atoms. The highest BCUT2D eigenvalue weighted by Gasteiger charge is 2.18. The summed E-state index contributed by atoms with van der Waals surface area (Å²) in [6, 6.07) is 19.0. The molecule has 0 atom stereocenters. The monoisotopic (exact) mass is 569 g/mol. The van der Waals surface area contributed by atoms with Gasteiger partial charge in [-0.3, -0.25) is 0 Å². The summed E-state index contributed by atoms with van der Waals surface area (Å²) < 4.78 is 0. The van der Waals surface area contributed by atoms with Crippen molar-refractivity contribution in [1.82, 2.24) is 0 Å². The number of hydrogen-bond acceptors (Lipinski definition) is 0. The quantitative estimate of drug-likeness (QED) is 0.241. The minimum absolute atomic E-state index is 0.557. The Balaban J connectivity index is 0.000000307. The molecule has 0 aliphatic carbocycles. The summed E-state index contributed by atoms with van der Waals surface area (Å²) >= 11 is 0. The molecule has 232 valence electrons. The van der Waals surface area contributed by atoms with Gasteiger partial charge in [0.25, 0.3) is 0 Å². The van der Waals surface area contributed by atoms with Gasteiger partial charge in [-0.2, -0.15) is 0 Å². The zero-order chi connectivity index (χ0) is 32.0. The van der Waals surface area contributed by atoms with Crippen LogP contribution in [0.5, 0.6) is 0 Å². The van der Waals surface area contributed by atoms with Crippen molar-refractivity contribution in [1.29, 1.82) is 0 Å². The van der Waals surface area contributed by atoms with Crippen molar-refractivity contribution < 1.29 is 0 Å². The van der Waals surface area contributed by atoms with Crippen LogP contribution in [-0.2, 0) is 0 Å². The van der Waals surface area contributed by atoms with E-state index in [1.165, 1.54) is 55.6 Å². The van der Waals surface area contributed by atoms with Crippen LogP contribution in [0.1, 0.15) is 203 Å². The summed E-state index contributed by atoms with van der Waals surface area (Å²) in [5, 5.41) is 0. The van der Waals surface area contributed by atoms with E-state index < -0.39 is 0 Å². The molecule has 0 fully saturated rings. The van der Waals surface area contributed by atoms with E-state index >= 15 is 0 Å². The van der Waals surface area contributed by atoms with E-state index in [0.717, 1.165) is 0 Å². The molecule has 0 heterocycles. The van der Waals surface area contributed by atoms with E-state index in [4.69, 9.17) is 0 Å². The van der Waals surface area contributed by atoms with Gasteiger partial charge in [0.15, 0.2) is 0 Å². The van der Waals surface area contributed by atoms with Crippen molar-refractivity contribution >= 4 is 0 Å². The molecule has 0 unspecified atom stereocenters. The standard InChI is InChI=1S/C24H34.C18H30/c1-15(2)21-11-9-19(13-23(21)17(5)6)20-10-12-22(16(3)4)24(14-20)18(7)8;1-11(2)15-9-17(13(5)6)18(14(7)8)10-16(15)12(3)4/h9-18H,1-8H3;9-14H,1-8H3. The Labute approximate surface area is 261 Å². The first-order valence-corrected chi connectivity index (χ1v) is 16.9. The maximum Gasteiger partial charge on any atom is -0.0181 e. The number of benzene rings is 3. The van der Waals surface area contributed by atoms with Gasteiger partial charge in [0.2, 0.25) is 0 Å². The lowest BCUT2D eigenvalue weighted by atomic mass is 9.81. The van der Waals surface area contributed by atoms with Crippen LogP contribution in [0, 0.1) is 0 Å². The molecule has 42 heavy (non-hydrogen) atoms. The highest BCUT2D eigenvalue weighted by molar-refractivity contribution is 5.67. The first-order valence-electron chi connectivity index (χ1n) is 16.9. The van der Waals surface area contributed by atoms with Crippen LogP contribution in [0.15, 0.2) is 48.5 Å². The van der Waals surface area contributed by atoms with Gasteiger partial charge in [0.05, 0.1) is 0 Å². The summed E-state index contributed by atoms with van der Waals surface area (Å²) in [5.41, 5.74) is 14.8. The van der Waals surface area contributed by atoms with E-state index in [2.05, 4.69) is 159 Å². The average Bonchev–Trinajstić information content (AvgIpc) is 2.91. The Morgan fingerprint density at radius 2 is 0.429 bits per heavy atom. The van der Waals surface area contributed by atoms with E-state index in [0.29, 0.717) is 47.3 Å². The third-order valence-corrected chi connectivity index (χ3v) is 8.77. The van der Waals surface area contributed by atoms with Gasteiger partial charge in [0, 0.05) is 0 Å². The fourth-order valence-electron chi connectivity index (χ4n) is 6.23. The van der Waals surface area contributed by atoms with E-state index in [-0.39, 0.29) is 0 Å². The van der Waals surface area contributed by atoms with Crippen molar-refractivity contribution in [3.63, 3.8) is 0 Å². The first kappa shape index (κ1) is 35.9. The minimum Gasteiger partial charge on any atom is -0.0587 e. The lowest BCUT2D eigenvalue weighted by Gasteiger charge is -2.24. The van der Waals surface area contributed by atoms with Gasteiger partial charge >= 0.3 is 0 Å². The Bertz CT molecular complexity index is 1140. The third-order valence-electron chi connectivity index (χ3n) is 8.77. The second-order valence-corrected chi connectivity index (χ2v) is 15.0. The SMILES string of the molecule is CC(C)c1cc(C(C)C)c(C(C)C)cc1C(C)C.CC(C)c1ccc(-c2ccc(C(C)C)c(C(C)C)c2)cc1C(C)C. The fraction of sp³-hybridized carbons (Fsp3) is 0.571. The molecule has 0 aliphatic rings. The highest BCUT2D eigenvalue weighted by atomic mass is 14.2. The van der Waals surface area contributed by atoms with E-state index in [1.807, 2.05) is 0 Å². The van der Waals surface area contributed by atoms with Crippen LogP contribution in [0.25, 0.3) is 11.1 Å². The van der Waals surface area contributed by atoms with Crippen molar-refractivity contribution in [3.8, 4) is 11.1 Å². The van der Waals surface area contributed by atoms with Gasteiger partial charge < -0.3 is 0 Å². The Morgan fingerprint density at radius 1 is 0.238 bits per heavy atom. The summed E-state index contributed by atoms with van der Waals surface area (Å²) in [4.78, 5) is 0. The third kappa shape index (κ3) is 8.84. The minimum atomic E-state index is 0.557. The first-order chi connectivity index (χ1) is 19.5. The lowest BCUT2D eigenvalue weighted by Crippen LogP contribution is -2.06. The Kier molecular flexibility index (Phi) is 13.2. The summed E-state index contributed by atoms with van der Waals surface area (Å²) in [7, 11) is 0. The predicted octanol–water partition coefficient (Wildman–Crippen LogP) is 14.0. The summed E-state index contributed by atoms with van der Waals surface area (Å²) in [6.45, 7) is 36.8. The number of hydrogen-bond donors (Lipinski definition) is 0. The van der Waals surface area contributed by atoms with Gasteiger partial charge in [-0.15, -0.1) is 0 Å². The van der Waals surface area contributed by atoms with Crippen molar-refractivity contribution in [3.05, 3.63) is 93.0 Å². The average molecular weight is 569 g/mol. The number of rotatable bonds is 9. The maximum atomic E-state index is 2.47. The Hall–Kier alpha value is -2.34. The zero-order valence-corrected chi connectivity index (χ0v) is 30.2. The van der Waals surface area contributed by atoms with Crippen molar-refractivity contribution in [2.75, 3.05) is 0 Å². The molecule has 3 aromatic carbocycles. The molecule has 0 aliphatic heterocycles. The molecule has 0 saturated carbocycles.